The van der Waals surface area contributed by atoms with Crippen molar-refractivity contribution in [2.45, 2.75) is 50.5 Å². The number of aromatic amines is 1. The minimum Gasteiger partial charge on any atom is -0.388 e. The second kappa shape index (κ2) is 6.05. The zero-order chi connectivity index (χ0) is 12.8. The molecule has 1 aromatic rings. The number of nitrogens with one attached hydrogen (secondary N) is 2. The average molecular weight is 250 g/mol. The number of carbonyl (C=O) groups excluding carboxylic acids is 1. The van der Waals surface area contributed by atoms with Crippen molar-refractivity contribution in [3.63, 3.8) is 0 Å². The summed E-state index contributed by atoms with van der Waals surface area (Å²) < 4.78 is 0. The lowest BCUT2D eigenvalue weighted by atomic mass is 9.94. The molecule has 0 spiro atoms. The number of carbonyl (C=O) groups is 1. The molecule has 0 bridgehead atoms. The van der Waals surface area contributed by atoms with E-state index in [-0.39, 0.29) is 5.91 Å². The summed E-state index contributed by atoms with van der Waals surface area (Å²) in [5, 5.41) is 13.3. The summed E-state index contributed by atoms with van der Waals surface area (Å²) in [6.07, 6.45) is 8.26. The van der Waals surface area contributed by atoms with E-state index in [2.05, 4.69) is 10.3 Å². The van der Waals surface area contributed by atoms with Gasteiger partial charge in [0.25, 0.3) is 0 Å². The van der Waals surface area contributed by atoms with Gasteiger partial charge in [0.2, 0.25) is 5.91 Å². The highest BCUT2D eigenvalue weighted by Crippen LogP contribution is 2.26. The number of hydrogen-bond donors (Lipinski definition) is 3. The summed E-state index contributed by atoms with van der Waals surface area (Å²) in [7, 11) is 0. The van der Waals surface area contributed by atoms with E-state index in [0.717, 1.165) is 31.4 Å². The Bertz CT molecular complexity index is 365. The maximum Gasteiger partial charge on any atom is 0.226 e. The van der Waals surface area contributed by atoms with Crippen LogP contribution in [0.2, 0.25) is 0 Å². The summed E-state index contributed by atoms with van der Waals surface area (Å²) in [6, 6.07) is 3.77. The molecule has 3 N–H and O–H groups in total. The second-order valence-electron chi connectivity index (χ2n) is 5.29. The van der Waals surface area contributed by atoms with Gasteiger partial charge in [-0.15, -0.1) is 0 Å². The van der Waals surface area contributed by atoms with Crippen molar-refractivity contribution in [1.29, 1.82) is 0 Å². The summed E-state index contributed by atoms with van der Waals surface area (Å²) in [5.74, 6) is -0.0323. The van der Waals surface area contributed by atoms with Crippen LogP contribution in [-0.4, -0.2) is 28.1 Å². The first-order valence-electron chi connectivity index (χ1n) is 6.79. The number of rotatable bonds is 4. The first-order valence-corrected chi connectivity index (χ1v) is 6.79. The lowest BCUT2D eigenvalue weighted by molar-refractivity contribution is -0.121. The second-order valence-corrected chi connectivity index (χ2v) is 5.29. The Morgan fingerprint density at radius 3 is 2.67 bits per heavy atom. The van der Waals surface area contributed by atoms with Gasteiger partial charge in [-0.05, 0) is 25.0 Å². The number of hydrogen-bond acceptors (Lipinski definition) is 2. The van der Waals surface area contributed by atoms with Crippen LogP contribution in [0.4, 0.5) is 0 Å². The number of H-pyrrole nitrogens is 1. The molecular weight excluding hydrogens is 228 g/mol. The first-order chi connectivity index (χ1) is 8.68. The topological polar surface area (TPSA) is 65.1 Å². The van der Waals surface area contributed by atoms with E-state index in [1.54, 1.807) is 6.20 Å². The first kappa shape index (κ1) is 13.1. The van der Waals surface area contributed by atoms with E-state index in [0.29, 0.717) is 13.0 Å². The predicted molar refractivity (Wildman–Crippen MR) is 70.2 cm³/mol. The van der Waals surface area contributed by atoms with Crippen LogP contribution in [0.25, 0.3) is 0 Å². The van der Waals surface area contributed by atoms with Crippen molar-refractivity contribution >= 4 is 5.91 Å². The molecule has 0 saturated heterocycles. The van der Waals surface area contributed by atoms with Crippen LogP contribution in [0.5, 0.6) is 0 Å². The van der Waals surface area contributed by atoms with Crippen LogP contribution in [0, 0.1) is 0 Å². The molecule has 1 heterocycles. The summed E-state index contributed by atoms with van der Waals surface area (Å²) >= 11 is 0. The third kappa shape index (κ3) is 3.88. The molecule has 18 heavy (non-hydrogen) atoms. The van der Waals surface area contributed by atoms with Gasteiger partial charge in [-0.25, -0.2) is 0 Å². The fraction of sp³-hybridized carbons (Fsp3) is 0.643. The molecule has 0 aliphatic heterocycles. The van der Waals surface area contributed by atoms with E-state index < -0.39 is 5.60 Å². The molecule has 0 radical (unpaired) electrons. The van der Waals surface area contributed by atoms with Crippen LogP contribution in [0.15, 0.2) is 18.3 Å². The van der Waals surface area contributed by atoms with Gasteiger partial charge in [0.1, 0.15) is 0 Å². The van der Waals surface area contributed by atoms with Gasteiger partial charge >= 0.3 is 0 Å². The van der Waals surface area contributed by atoms with Crippen molar-refractivity contribution in [3.05, 3.63) is 24.0 Å². The van der Waals surface area contributed by atoms with Crippen LogP contribution in [-0.2, 0) is 11.2 Å². The molecular formula is C14H22N2O2. The van der Waals surface area contributed by atoms with E-state index in [1.165, 1.54) is 12.8 Å². The van der Waals surface area contributed by atoms with Crippen molar-refractivity contribution in [2.24, 2.45) is 0 Å². The summed E-state index contributed by atoms with van der Waals surface area (Å²) in [5.41, 5.74) is 0.211. The highest BCUT2D eigenvalue weighted by Gasteiger charge is 2.28. The lowest BCUT2D eigenvalue weighted by Gasteiger charge is -2.26. The van der Waals surface area contributed by atoms with Gasteiger partial charge in [-0.1, -0.05) is 25.7 Å². The Morgan fingerprint density at radius 1 is 1.33 bits per heavy atom. The minimum atomic E-state index is -0.693. The molecule has 1 saturated carbocycles. The smallest absolute Gasteiger partial charge is 0.226 e. The largest absolute Gasteiger partial charge is 0.388 e. The Balaban J connectivity index is 1.77. The Kier molecular flexibility index (Phi) is 4.42. The molecule has 1 fully saturated rings. The summed E-state index contributed by atoms with van der Waals surface area (Å²) in [4.78, 5) is 14.7. The Labute approximate surface area is 108 Å². The van der Waals surface area contributed by atoms with Crippen molar-refractivity contribution in [2.75, 3.05) is 6.54 Å². The van der Waals surface area contributed by atoms with E-state index in [9.17, 15) is 9.90 Å². The number of aromatic nitrogens is 1. The molecule has 1 amide bonds. The van der Waals surface area contributed by atoms with Gasteiger partial charge in [0.05, 0.1) is 12.0 Å². The van der Waals surface area contributed by atoms with Gasteiger partial charge in [-0.3, -0.25) is 4.79 Å². The van der Waals surface area contributed by atoms with Crippen LogP contribution in [0.3, 0.4) is 0 Å². The highest BCUT2D eigenvalue weighted by molar-refractivity contribution is 5.78. The van der Waals surface area contributed by atoms with E-state index in [1.807, 2.05) is 12.1 Å². The molecule has 1 aliphatic carbocycles. The van der Waals surface area contributed by atoms with Gasteiger partial charge in [0.15, 0.2) is 0 Å². The van der Waals surface area contributed by atoms with Crippen LogP contribution < -0.4 is 5.32 Å². The number of aliphatic hydroxyl groups is 1. The zero-order valence-electron chi connectivity index (χ0n) is 10.7. The Morgan fingerprint density at radius 2 is 2.06 bits per heavy atom. The minimum absolute atomic E-state index is 0.0323. The SMILES string of the molecule is O=C(Cc1ccc[nH]1)NCC1(O)CCCCCC1. The fourth-order valence-corrected chi connectivity index (χ4v) is 2.54. The molecule has 0 aromatic carbocycles. The molecule has 4 nitrogen and oxygen atoms in total. The lowest BCUT2D eigenvalue weighted by Crippen LogP contribution is -2.43. The van der Waals surface area contributed by atoms with Crippen molar-refractivity contribution in [3.8, 4) is 0 Å². The quantitative estimate of drug-likeness (QED) is 0.713. The molecule has 1 aliphatic rings. The van der Waals surface area contributed by atoms with E-state index >= 15 is 0 Å². The molecule has 0 unspecified atom stereocenters. The van der Waals surface area contributed by atoms with E-state index in [4.69, 9.17) is 0 Å². The molecule has 0 atom stereocenters. The monoisotopic (exact) mass is 250 g/mol. The average Bonchev–Trinajstić information content (AvgIpc) is 2.75. The van der Waals surface area contributed by atoms with Crippen molar-refractivity contribution < 1.29 is 9.90 Å². The standard InChI is InChI=1S/C14H22N2O2/c17-13(10-12-6-5-9-15-12)16-11-14(18)7-3-1-2-4-8-14/h5-6,9,15,18H,1-4,7-8,10-11H2,(H,16,17). The fourth-order valence-electron chi connectivity index (χ4n) is 2.54. The molecule has 1 aromatic heterocycles. The van der Waals surface area contributed by atoms with Gasteiger partial charge < -0.3 is 15.4 Å². The van der Waals surface area contributed by atoms with Gasteiger partial charge in [-0.2, -0.15) is 0 Å². The number of amides is 1. The maximum absolute atomic E-state index is 11.7. The maximum atomic E-state index is 11.7. The third-order valence-corrected chi connectivity index (χ3v) is 3.66. The summed E-state index contributed by atoms with van der Waals surface area (Å²) in [6.45, 7) is 0.381. The third-order valence-electron chi connectivity index (χ3n) is 3.66. The molecule has 4 heteroatoms. The van der Waals surface area contributed by atoms with Crippen LogP contribution >= 0.6 is 0 Å². The predicted octanol–water partition coefficient (Wildman–Crippen LogP) is 1.76. The van der Waals surface area contributed by atoms with Crippen LogP contribution in [0.1, 0.15) is 44.2 Å². The van der Waals surface area contributed by atoms with Gasteiger partial charge in [0, 0.05) is 18.4 Å². The highest BCUT2D eigenvalue weighted by atomic mass is 16.3. The molecule has 100 valence electrons. The van der Waals surface area contributed by atoms with Crippen molar-refractivity contribution in [1.82, 2.24) is 10.3 Å². The normalized spacial score (nSPS) is 19.2. The zero-order valence-corrected chi connectivity index (χ0v) is 10.7. The Hall–Kier alpha value is -1.29. The molecule has 2 rings (SSSR count).